The molecule has 0 unspecified atom stereocenters. The number of rotatable bonds is 5. The minimum Gasteiger partial charge on any atom is -0.335 e. The number of pyridine rings is 3. The van der Waals surface area contributed by atoms with Crippen molar-refractivity contribution in [2.24, 2.45) is 5.92 Å². The smallest absolute Gasteiger partial charge is 0.159 e. The molecule has 5 aromatic heterocycles. The summed E-state index contributed by atoms with van der Waals surface area (Å²) in [6.07, 6.45) is 16.8. The summed E-state index contributed by atoms with van der Waals surface area (Å²) in [6, 6.07) is 10.7. The quantitative estimate of drug-likeness (QED) is 0.267. The Morgan fingerprint density at radius 2 is 1.76 bits per heavy atom. The Kier molecular flexibility index (Phi) is 5.65. The summed E-state index contributed by atoms with van der Waals surface area (Å²) in [5, 5.41) is 8.54. The number of nitrogens with zero attached hydrogens (tertiary/aromatic N) is 5. The number of hydrogen-bond donors (Lipinski definition) is 2. The van der Waals surface area contributed by atoms with Gasteiger partial charge < -0.3 is 4.98 Å². The van der Waals surface area contributed by atoms with Gasteiger partial charge in [-0.05, 0) is 47.7 Å². The number of halogens is 1. The van der Waals surface area contributed by atoms with Gasteiger partial charge in [-0.15, -0.1) is 0 Å². The molecular weight excluding hydrogens is 477 g/mol. The predicted molar refractivity (Wildman–Crippen MR) is 146 cm³/mol. The van der Waals surface area contributed by atoms with E-state index in [0.717, 1.165) is 51.1 Å². The molecular formula is C30H26FN7. The normalized spacial score (nSPS) is 14.4. The summed E-state index contributed by atoms with van der Waals surface area (Å²) >= 11 is 0. The molecule has 1 saturated carbocycles. The Morgan fingerprint density at radius 3 is 2.66 bits per heavy atom. The molecule has 1 aliphatic carbocycles. The van der Waals surface area contributed by atoms with Gasteiger partial charge in [0.05, 0.1) is 34.6 Å². The fourth-order valence-corrected chi connectivity index (χ4v) is 5.63. The fourth-order valence-electron chi connectivity index (χ4n) is 5.63. The van der Waals surface area contributed by atoms with Gasteiger partial charge in [0.15, 0.2) is 5.82 Å². The van der Waals surface area contributed by atoms with E-state index in [0.29, 0.717) is 17.0 Å². The molecule has 7 rings (SSSR count). The summed E-state index contributed by atoms with van der Waals surface area (Å²) < 4.78 is 13.9. The number of benzene rings is 1. The van der Waals surface area contributed by atoms with Gasteiger partial charge in [0, 0.05) is 35.1 Å². The summed E-state index contributed by atoms with van der Waals surface area (Å²) in [5.41, 5.74) is 7.56. The van der Waals surface area contributed by atoms with Crippen LogP contribution in [0.5, 0.6) is 0 Å². The van der Waals surface area contributed by atoms with Crippen molar-refractivity contribution >= 4 is 21.9 Å². The average Bonchev–Trinajstić information content (AvgIpc) is 3.57. The lowest BCUT2D eigenvalue weighted by Gasteiger charge is -2.21. The molecule has 8 heteroatoms. The lowest BCUT2D eigenvalue weighted by molar-refractivity contribution is 0.356. The first-order valence-corrected chi connectivity index (χ1v) is 13.1. The van der Waals surface area contributed by atoms with Crippen LogP contribution in [0.2, 0.25) is 0 Å². The fraction of sp³-hybridized carbons (Fsp3) is 0.233. The van der Waals surface area contributed by atoms with E-state index in [2.05, 4.69) is 36.2 Å². The number of H-pyrrole nitrogens is 2. The summed E-state index contributed by atoms with van der Waals surface area (Å²) in [5.74, 6) is 1.06. The molecule has 6 aromatic rings. The van der Waals surface area contributed by atoms with Crippen LogP contribution in [0.4, 0.5) is 4.39 Å². The second kappa shape index (κ2) is 9.45. The van der Waals surface area contributed by atoms with Crippen LogP contribution >= 0.6 is 0 Å². The first kappa shape index (κ1) is 22.7. The van der Waals surface area contributed by atoms with Gasteiger partial charge >= 0.3 is 0 Å². The van der Waals surface area contributed by atoms with Gasteiger partial charge in [-0.25, -0.2) is 9.37 Å². The summed E-state index contributed by atoms with van der Waals surface area (Å²) in [4.78, 5) is 21.8. The highest BCUT2D eigenvalue weighted by Crippen LogP contribution is 2.33. The Morgan fingerprint density at radius 1 is 0.868 bits per heavy atom. The molecule has 38 heavy (non-hydrogen) atoms. The molecule has 1 fully saturated rings. The van der Waals surface area contributed by atoms with E-state index < -0.39 is 0 Å². The van der Waals surface area contributed by atoms with Crippen LogP contribution in [0.1, 0.15) is 37.7 Å². The van der Waals surface area contributed by atoms with Crippen molar-refractivity contribution in [3.8, 4) is 33.9 Å². The lowest BCUT2D eigenvalue weighted by atomic mass is 9.85. The third kappa shape index (κ3) is 4.22. The maximum atomic E-state index is 13.9. The molecule has 1 aromatic carbocycles. The Labute approximate surface area is 218 Å². The zero-order chi connectivity index (χ0) is 25.5. The van der Waals surface area contributed by atoms with Crippen molar-refractivity contribution in [1.29, 1.82) is 0 Å². The van der Waals surface area contributed by atoms with Crippen LogP contribution < -0.4 is 0 Å². The van der Waals surface area contributed by atoms with Gasteiger partial charge in [0.2, 0.25) is 0 Å². The van der Waals surface area contributed by atoms with Crippen LogP contribution in [0.3, 0.4) is 0 Å². The highest BCUT2D eigenvalue weighted by Gasteiger charge is 2.18. The maximum absolute atomic E-state index is 13.9. The third-order valence-electron chi connectivity index (χ3n) is 7.54. The molecule has 2 N–H and O–H groups in total. The minimum absolute atomic E-state index is 0.300. The molecule has 0 spiro atoms. The molecule has 188 valence electrons. The van der Waals surface area contributed by atoms with Gasteiger partial charge in [-0.1, -0.05) is 44.2 Å². The molecule has 1 aliphatic rings. The third-order valence-corrected chi connectivity index (χ3v) is 7.54. The van der Waals surface area contributed by atoms with Crippen LogP contribution in [0.25, 0.3) is 55.8 Å². The largest absolute Gasteiger partial charge is 0.335 e. The monoisotopic (exact) mass is 503 g/mol. The number of aromatic nitrogens is 7. The highest BCUT2D eigenvalue weighted by atomic mass is 19.1. The van der Waals surface area contributed by atoms with Gasteiger partial charge in [0.1, 0.15) is 11.5 Å². The second-order valence-corrected chi connectivity index (χ2v) is 10.2. The van der Waals surface area contributed by atoms with Crippen molar-refractivity contribution in [1.82, 2.24) is 35.1 Å². The number of hydrogen-bond acceptors (Lipinski definition) is 5. The molecule has 0 amide bonds. The van der Waals surface area contributed by atoms with Crippen LogP contribution in [-0.2, 0) is 6.42 Å². The molecule has 5 heterocycles. The first-order chi connectivity index (χ1) is 18.7. The summed E-state index contributed by atoms with van der Waals surface area (Å²) in [6.45, 7) is 0. The van der Waals surface area contributed by atoms with Crippen LogP contribution in [0.15, 0.2) is 67.4 Å². The van der Waals surface area contributed by atoms with Gasteiger partial charge in [-0.3, -0.25) is 20.1 Å². The topological polar surface area (TPSA) is 96.0 Å². The molecule has 0 aliphatic heterocycles. The molecule has 0 atom stereocenters. The van der Waals surface area contributed by atoms with E-state index in [-0.39, 0.29) is 5.82 Å². The maximum Gasteiger partial charge on any atom is 0.159 e. The van der Waals surface area contributed by atoms with Crippen molar-refractivity contribution in [2.75, 3.05) is 0 Å². The van der Waals surface area contributed by atoms with E-state index >= 15 is 0 Å². The molecule has 7 nitrogen and oxygen atoms in total. The van der Waals surface area contributed by atoms with Crippen molar-refractivity contribution in [3.05, 3.63) is 78.8 Å². The van der Waals surface area contributed by atoms with Gasteiger partial charge in [0.25, 0.3) is 0 Å². The molecule has 0 saturated heterocycles. The van der Waals surface area contributed by atoms with E-state index in [1.54, 1.807) is 24.7 Å². The predicted octanol–water partition coefficient (Wildman–Crippen LogP) is 6.89. The van der Waals surface area contributed by atoms with Crippen molar-refractivity contribution in [2.45, 2.75) is 38.5 Å². The zero-order valence-electron chi connectivity index (χ0n) is 20.8. The Balaban J connectivity index is 1.26. The van der Waals surface area contributed by atoms with E-state index in [9.17, 15) is 4.39 Å². The van der Waals surface area contributed by atoms with E-state index in [4.69, 9.17) is 4.98 Å². The average molecular weight is 504 g/mol. The zero-order valence-corrected chi connectivity index (χ0v) is 20.8. The number of nitrogens with one attached hydrogen (secondary N) is 2. The second-order valence-electron chi connectivity index (χ2n) is 10.2. The van der Waals surface area contributed by atoms with Crippen molar-refractivity contribution in [3.63, 3.8) is 0 Å². The van der Waals surface area contributed by atoms with Gasteiger partial charge in [-0.2, -0.15) is 5.10 Å². The standard InChI is InChI=1S/C30H26FN7/c31-22-8-4-7-20(11-22)24-15-33-16-27-28(24)36-30(35-27)29-23-12-25(34-17-26(23)37-38-29)21-10-19(13-32-14-21)9-18-5-2-1-3-6-18/h4,7-8,10-18H,1-3,5-6,9H2,(H,35,36)(H,37,38). The summed E-state index contributed by atoms with van der Waals surface area (Å²) in [7, 11) is 0. The lowest BCUT2D eigenvalue weighted by Crippen LogP contribution is -2.09. The Hall–Kier alpha value is -4.46. The molecule has 0 radical (unpaired) electrons. The molecule has 0 bridgehead atoms. The SMILES string of the molecule is Fc1cccc(-c2cncc3[nH]c(-c4n[nH]c5cnc(-c6cncc(CC7CCCCC7)c6)cc45)nc23)c1. The Bertz CT molecular complexity index is 1760. The van der Waals surface area contributed by atoms with Crippen molar-refractivity contribution < 1.29 is 4.39 Å². The van der Waals surface area contributed by atoms with Crippen LogP contribution in [-0.4, -0.2) is 35.1 Å². The van der Waals surface area contributed by atoms with E-state index in [1.807, 2.05) is 24.5 Å². The number of imidazole rings is 1. The highest BCUT2D eigenvalue weighted by molar-refractivity contribution is 5.97. The first-order valence-electron chi connectivity index (χ1n) is 13.1. The number of fused-ring (bicyclic) bond motifs is 2. The minimum atomic E-state index is -0.300. The van der Waals surface area contributed by atoms with E-state index in [1.165, 1.54) is 49.8 Å². The number of aromatic amines is 2. The van der Waals surface area contributed by atoms with Crippen LogP contribution in [0, 0.1) is 11.7 Å².